The molecule has 0 unspecified atom stereocenters. The second kappa shape index (κ2) is 12.0. The van der Waals surface area contributed by atoms with Crippen molar-refractivity contribution >= 4 is 76.2 Å². The quantitative estimate of drug-likeness (QED) is 0.170. The summed E-state index contributed by atoms with van der Waals surface area (Å²) in [6.45, 7) is 0. The fourth-order valence-corrected chi connectivity index (χ4v) is 8.92. The first-order chi connectivity index (χ1) is 27.7. The summed E-state index contributed by atoms with van der Waals surface area (Å²) >= 11 is 0. The second-order valence-corrected chi connectivity index (χ2v) is 14.9. The van der Waals surface area contributed by atoms with Crippen LogP contribution in [0, 0.1) is 0 Å². The summed E-state index contributed by atoms with van der Waals surface area (Å²) in [5.74, 6) is 0. The zero-order valence-corrected chi connectivity index (χ0v) is 30.3. The van der Waals surface area contributed by atoms with E-state index in [0.717, 1.165) is 77.3 Å². The molecule has 2 nitrogen and oxygen atoms in total. The Morgan fingerprint density at radius 2 is 0.732 bits per heavy atom. The molecule has 260 valence electrons. The lowest BCUT2D eigenvalue weighted by Gasteiger charge is -2.14. The lowest BCUT2D eigenvalue weighted by Crippen LogP contribution is -1.88. The number of para-hydroxylation sites is 1. The molecule has 56 heavy (non-hydrogen) atoms. The molecule has 0 amide bonds. The predicted octanol–water partition coefficient (Wildman–Crippen LogP) is 15.6. The first-order valence-corrected chi connectivity index (χ1v) is 19.1. The van der Waals surface area contributed by atoms with Gasteiger partial charge in [0.25, 0.3) is 0 Å². The van der Waals surface area contributed by atoms with Crippen LogP contribution >= 0.6 is 0 Å². The Bertz CT molecular complexity index is 3540. The van der Waals surface area contributed by atoms with Crippen molar-refractivity contribution in [3.63, 3.8) is 0 Å². The highest BCUT2D eigenvalue weighted by Crippen LogP contribution is 2.44. The summed E-state index contributed by atoms with van der Waals surface area (Å²) in [7, 11) is 0. The fraction of sp³-hybridized carbons (Fsp3) is 0. The Hall–Kier alpha value is -7.42. The zero-order valence-electron chi connectivity index (χ0n) is 30.3. The molecule has 0 aliphatic carbocycles. The second-order valence-electron chi connectivity index (χ2n) is 14.9. The van der Waals surface area contributed by atoms with Gasteiger partial charge in [-0.15, -0.1) is 0 Å². The highest BCUT2D eigenvalue weighted by Gasteiger charge is 2.18. The van der Waals surface area contributed by atoms with Crippen molar-refractivity contribution < 1.29 is 8.83 Å². The highest BCUT2D eigenvalue weighted by molar-refractivity contribution is 6.16. The van der Waals surface area contributed by atoms with E-state index in [1.54, 1.807) is 0 Å². The summed E-state index contributed by atoms with van der Waals surface area (Å²) in [5, 5.41) is 11.9. The van der Waals surface area contributed by atoms with Crippen LogP contribution in [0.15, 0.2) is 203 Å². The maximum absolute atomic E-state index is 6.67. The molecular weight excluding hydrogens is 681 g/mol. The van der Waals surface area contributed by atoms with Crippen LogP contribution in [0.5, 0.6) is 0 Å². The minimum absolute atomic E-state index is 0.875. The molecule has 2 heterocycles. The molecule has 2 aromatic heterocycles. The summed E-state index contributed by atoms with van der Waals surface area (Å²) < 4.78 is 13.0. The molecule has 0 aliphatic heterocycles. The van der Waals surface area contributed by atoms with Gasteiger partial charge in [0, 0.05) is 21.5 Å². The molecule has 10 aromatic carbocycles. The minimum atomic E-state index is 0.875. The molecule has 0 aliphatic rings. The zero-order chi connectivity index (χ0) is 36.7. The largest absolute Gasteiger partial charge is 0.456 e. The van der Waals surface area contributed by atoms with Crippen LogP contribution in [0.25, 0.3) is 121 Å². The van der Waals surface area contributed by atoms with E-state index >= 15 is 0 Å². The molecule has 0 saturated carbocycles. The monoisotopic (exact) mass is 712 g/mol. The SMILES string of the molecule is c1ccc2cc(-c3ccc4c(c3)oc3cccc(-c5cc(-c6ccc7ccc8ccccc8c7c6)cc(-c6cccc7oc8ccccc8c67)c5)c34)ccc2c1. The number of hydrogen-bond donors (Lipinski definition) is 0. The summed E-state index contributed by atoms with van der Waals surface area (Å²) in [5.41, 5.74) is 12.7. The van der Waals surface area contributed by atoms with E-state index in [-0.39, 0.29) is 0 Å². The van der Waals surface area contributed by atoms with Gasteiger partial charge in [0.05, 0.1) is 0 Å². The molecule has 0 bridgehead atoms. The van der Waals surface area contributed by atoms with Gasteiger partial charge in [-0.1, -0.05) is 133 Å². The van der Waals surface area contributed by atoms with Crippen molar-refractivity contribution in [2.24, 2.45) is 0 Å². The Balaban J connectivity index is 1.09. The summed E-state index contributed by atoms with van der Waals surface area (Å²) in [4.78, 5) is 0. The van der Waals surface area contributed by atoms with Crippen molar-refractivity contribution in [1.82, 2.24) is 0 Å². The molecule has 0 fully saturated rings. The predicted molar refractivity (Wildman–Crippen MR) is 235 cm³/mol. The van der Waals surface area contributed by atoms with Crippen LogP contribution < -0.4 is 0 Å². The van der Waals surface area contributed by atoms with Gasteiger partial charge in [-0.3, -0.25) is 0 Å². The van der Waals surface area contributed by atoms with Crippen LogP contribution in [-0.4, -0.2) is 0 Å². The van der Waals surface area contributed by atoms with Gasteiger partial charge in [-0.25, -0.2) is 0 Å². The molecule has 0 radical (unpaired) electrons. The smallest absolute Gasteiger partial charge is 0.136 e. The topological polar surface area (TPSA) is 26.3 Å². The Morgan fingerprint density at radius 1 is 0.232 bits per heavy atom. The molecule has 12 aromatic rings. The van der Waals surface area contributed by atoms with E-state index in [2.05, 4.69) is 188 Å². The third-order valence-corrected chi connectivity index (χ3v) is 11.6. The molecule has 0 saturated heterocycles. The van der Waals surface area contributed by atoms with Crippen molar-refractivity contribution in [2.45, 2.75) is 0 Å². The number of benzene rings is 10. The van der Waals surface area contributed by atoms with Crippen LogP contribution in [0.2, 0.25) is 0 Å². The normalized spacial score (nSPS) is 11.9. The molecule has 0 atom stereocenters. The van der Waals surface area contributed by atoms with Crippen LogP contribution in [-0.2, 0) is 0 Å². The maximum atomic E-state index is 6.67. The van der Waals surface area contributed by atoms with Crippen LogP contribution in [0.4, 0.5) is 0 Å². The van der Waals surface area contributed by atoms with Crippen LogP contribution in [0.1, 0.15) is 0 Å². The first kappa shape index (κ1) is 31.0. The van der Waals surface area contributed by atoms with E-state index in [0.29, 0.717) is 0 Å². The molecule has 2 heteroatoms. The average molecular weight is 713 g/mol. The van der Waals surface area contributed by atoms with Gasteiger partial charge in [0.2, 0.25) is 0 Å². The average Bonchev–Trinajstić information content (AvgIpc) is 3.84. The van der Waals surface area contributed by atoms with Gasteiger partial charge in [0.1, 0.15) is 22.3 Å². The van der Waals surface area contributed by atoms with Crippen molar-refractivity contribution in [2.75, 3.05) is 0 Å². The van der Waals surface area contributed by atoms with E-state index in [4.69, 9.17) is 8.83 Å². The number of furan rings is 2. The van der Waals surface area contributed by atoms with Crippen LogP contribution in [0.3, 0.4) is 0 Å². The number of rotatable bonds is 4. The lowest BCUT2D eigenvalue weighted by atomic mass is 9.89. The maximum Gasteiger partial charge on any atom is 0.136 e. The lowest BCUT2D eigenvalue weighted by molar-refractivity contribution is 0.668. The van der Waals surface area contributed by atoms with E-state index < -0.39 is 0 Å². The standard InChI is InChI=1S/C54H32O2/c1-2-11-36-27-37(23-19-33(36)9-1)39-25-26-47-52(32-39)56-51-18-8-15-45(54(47)51)42-29-40(38-24-22-35-21-20-34-10-3-4-12-43(34)48(35)31-38)28-41(30-42)44-14-7-17-50-53(44)46-13-5-6-16-49(46)55-50/h1-32H. The van der Waals surface area contributed by atoms with Gasteiger partial charge in [-0.2, -0.15) is 0 Å². The van der Waals surface area contributed by atoms with E-state index in [1.807, 2.05) is 6.07 Å². The third kappa shape index (κ3) is 4.83. The molecule has 0 spiro atoms. The first-order valence-electron chi connectivity index (χ1n) is 19.1. The highest BCUT2D eigenvalue weighted by atomic mass is 16.3. The van der Waals surface area contributed by atoms with Gasteiger partial charge in [-0.05, 0) is 137 Å². The summed E-state index contributed by atoms with van der Waals surface area (Å²) in [6.07, 6.45) is 0. The number of hydrogen-bond acceptors (Lipinski definition) is 2. The molecular formula is C54H32O2. The molecule has 0 N–H and O–H groups in total. The third-order valence-electron chi connectivity index (χ3n) is 11.6. The van der Waals surface area contributed by atoms with Crippen molar-refractivity contribution in [3.8, 4) is 44.5 Å². The van der Waals surface area contributed by atoms with Crippen molar-refractivity contribution in [1.29, 1.82) is 0 Å². The van der Waals surface area contributed by atoms with E-state index in [9.17, 15) is 0 Å². The van der Waals surface area contributed by atoms with Gasteiger partial charge >= 0.3 is 0 Å². The van der Waals surface area contributed by atoms with Crippen molar-refractivity contribution in [3.05, 3.63) is 194 Å². The Kier molecular flexibility index (Phi) is 6.66. The molecule has 12 rings (SSSR count). The Morgan fingerprint density at radius 3 is 1.50 bits per heavy atom. The fourth-order valence-electron chi connectivity index (χ4n) is 8.92. The van der Waals surface area contributed by atoms with E-state index in [1.165, 1.54) is 43.4 Å². The summed E-state index contributed by atoms with van der Waals surface area (Å²) in [6, 6.07) is 70.0. The van der Waals surface area contributed by atoms with Gasteiger partial charge < -0.3 is 8.83 Å². The minimum Gasteiger partial charge on any atom is -0.456 e. The Labute approximate surface area is 322 Å². The number of fused-ring (bicyclic) bond motifs is 10. The van der Waals surface area contributed by atoms with Gasteiger partial charge in [0.15, 0.2) is 0 Å².